The zero-order valence-corrected chi connectivity index (χ0v) is 15.8. The maximum absolute atomic E-state index is 12.1. The fraction of sp³-hybridized carbons (Fsp3) is 0.273. The second-order valence-electron chi connectivity index (χ2n) is 6.06. The van der Waals surface area contributed by atoms with Crippen LogP contribution < -0.4 is 10.6 Å². The van der Waals surface area contributed by atoms with Crippen LogP contribution in [0, 0.1) is 0 Å². The summed E-state index contributed by atoms with van der Waals surface area (Å²) < 4.78 is 4.84. The number of ether oxygens (including phenoxy) is 1. The van der Waals surface area contributed by atoms with Crippen molar-refractivity contribution in [3.8, 4) is 0 Å². The summed E-state index contributed by atoms with van der Waals surface area (Å²) in [6.45, 7) is 4.44. The largest absolute Gasteiger partial charge is 0.463 e. The fourth-order valence-corrected chi connectivity index (χ4v) is 2.50. The van der Waals surface area contributed by atoms with Crippen molar-refractivity contribution < 1.29 is 14.3 Å². The molecule has 27 heavy (non-hydrogen) atoms. The SMILES string of the molecule is CCCc1ccc(NC(=O)CNc2ccc(/C=C/C(=O)OCC)cc2)cc1. The molecule has 0 aliphatic rings. The van der Waals surface area contributed by atoms with Crippen LogP contribution in [0.15, 0.2) is 54.6 Å². The van der Waals surface area contributed by atoms with E-state index in [0.29, 0.717) is 6.61 Å². The monoisotopic (exact) mass is 366 g/mol. The molecule has 0 spiro atoms. The summed E-state index contributed by atoms with van der Waals surface area (Å²) in [5.41, 5.74) is 3.77. The zero-order chi connectivity index (χ0) is 19.5. The third-order valence-electron chi connectivity index (χ3n) is 3.84. The molecule has 2 aromatic carbocycles. The Labute approximate surface area is 160 Å². The predicted molar refractivity (Wildman–Crippen MR) is 110 cm³/mol. The van der Waals surface area contributed by atoms with Gasteiger partial charge in [0, 0.05) is 17.5 Å². The quantitative estimate of drug-likeness (QED) is 0.514. The molecule has 0 aliphatic carbocycles. The highest BCUT2D eigenvalue weighted by Crippen LogP contribution is 2.12. The highest BCUT2D eigenvalue weighted by Gasteiger charge is 2.03. The average molecular weight is 366 g/mol. The fourth-order valence-electron chi connectivity index (χ4n) is 2.50. The van der Waals surface area contributed by atoms with Crippen molar-refractivity contribution in [2.24, 2.45) is 0 Å². The van der Waals surface area contributed by atoms with Gasteiger partial charge in [-0.1, -0.05) is 37.6 Å². The molecule has 2 N–H and O–H groups in total. The summed E-state index contributed by atoms with van der Waals surface area (Å²) >= 11 is 0. The molecular weight excluding hydrogens is 340 g/mol. The Bertz CT molecular complexity index is 765. The van der Waals surface area contributed by atoms with Crippen molar-refractivity contribution >= 4 is 29.3 Å². The van der Waals surface area contributed by atoms with Crippen LogP contribution in [0.25, 0.3) is 6.08 Å². The van der Waals surface area contributed by atoms with Crippen LogP contribution in [-0.2, 0) is 20.7 Å². The van der Waals surface area contributed by atoms with Crippen molar-refractivity contribution in [2.75, 3.05) is 23.8 Å². The third kappa shape index (κ3) is 7.36. The van der Waals surface area contributed by atoms with Gasteiger partial charge >= 0.3 is 5.97 Å². The van der Waals surface area contributed by atoms with Gasteiger partial charge in [-0.3, -0.25) is 4.79 Å². The second kappa shape index (κ2) is 10.8. The first-order chi connectivity index (χ1) is 13.1. The van der Waals surface area contributed by atoms with E-state index in [1.807, 2.05) is 48.5 Å². The Hall–Kier alpha value is -3.08. The first-order valence-electron chi connectivity index (χ1n) is 9.18. The molecular formula is C22H26N2O3. The van der Waals surface area contributed by atoms with Crippen molar-refractivity contribution in [1.82, 2.24) is 0 Å². The van der Waals surface area contributed by atoms with Crippen LogP contribution in [0.5, 0.6) is 0 Å². The van der Waals surface area contributed by atoms with E-state index in [4.69, 9.17) is 4.74 Å². The third-order valence-corrected chi connectivity index (χ3v) is 3.84. The average Bonchev–Trinajstić information content (AvgIpc) is 2.67. The van der Waals surface area contributed by atoms with Crippen LogP contribution in [0.3, 0.4) is 0 Å². The van der Waals surface area contributed by atoms with Crippen molar-refractivity contribution in [1.29, 1.82) is 0 Å². The van der Waals surface area contributed by atoms with Gasteiger partial charge < -0.3 is 15.4 Å². The summed E-state index contributed by atoms with van der Waals surface area (Å²) in [6.07, 6.45) is 5.23. The summed E-state index contributed by atoms with van der Waals surface area (Å²) in [6, 6.07) is 15.4. The molecule has 0 heterocycles. The molecule has 0 aliphatic heterocycles. The number of amides is 1. The van der Waals surface area contributed by atoms with E-state index in [9.17, 15) is 9.59 Å². The maximum Gasteiger partial charge on any atom is 0.330 e. The predicted octanol–water partition coefficient (Wildman–Crippen LogP) is 4.27. The van der Waals surface area contributed by atoms with E-state index < -0.39 is 0 Å². The first-order valence-corrected chi connectivity index (χ1v) is 9.18. The van der Waals surface area contributed by atoms with Gasteiger partial charge in [0.2, 0.25) is 5.91 Å². The number of carbonyl (C=O) groups excluding carboxylic acids is 2. The number of hydrogen-bond donors (Lipinski definition) is 2. The van der Waals surface area contributed by atoms with Crippen LogP contribution >= 0.6 is 0 Å². The summed E-state index contributed by atoms with van der Waals surface area (Å²) in [5, 5.41) is 5.95. The molecule has 0 fully saturated rings. The van der Waals surface area contributed by atoms with Gasteiger partial charge in [-0.25, -0.2) is 4.79 Å². The Morgan fingerprint density at radius 2 is 1.63 bits per heavy atom. The van der Waals surface area contributed by atoms with Gasteiger partial charge in [-0.2, -0.15) is 0 Å². The maximum atomic E-state index is 12.1. The molecule has 0 unspecified atom stereocenters. The van der Waals surface area contributed by atoms with Crippen LogP contribution in [0.4, 0.5) is 11.4 Å². The number of carbonyl (C=O) groups is 2. The number of benzene rings is 2. The molecule has 0 aromatic heterocycles. The molecule has 0 saturated heterocycles. The van der Waals surface area contributed by atoms with Gasteiger partial charge in [0.1, 0.15) is 0 Å². The summed E-state index contributed by atoms with van der Waals surface area (Å²) in [4.78, 5) is 23.4. The van der Waals surface area contributed by atoms with E-state index in [1.165, 1.54) is 11.6 Å². The molecule has 1 amide bonds. The Morgan fingerprint density at radius 1 is 0.963 bits per heavy atom. The molecule has 0 bridgehead atoms. The van der Waals surface area contributed by atoms with Gasteiger partial charge in [-0.05, 0) is 54.8 Å². The number of nitrogens with one attached hydrogen (secondary N) is 2. The molecule has 2 rings (SSSR count). The smallest absolute Gasteiger partial charge is 0.330 e. The molecule has 2 aromatic rings. The minimum atomic E-state index is -0.362. The van der Waals surface area contributed by atoms with Crippen LogP contribution in [0.1, 0.15) is 31.4 Å². The standard InChI is InChI=1S/C22H26N2O3/c1-3-5-17-8-13-20(14-9-17)24-21(25)16-23-19-11-6-18(7-12-19)10-15-22(26)27-4-2/h6-15,23H,3-5,16H2,1-2H3,(H,24,25)/b15-10+. The molecule has 0 atom stereocenters. The highest BCUT2D eigenvalue weighted by atomic mass is 16.5. The lowest BCUT2D eigenvalue weighted by atomic mass is 10.1. The number of esters is 1. The lowest BCUT2D eigenvalue weighted by Crippen LogP contribution is -2.21. The molecule has 142 valence electrons. The minimum absolute atomic E-state index is 0.107. The van der Waals surface area contributed by atoms with Gasteiger partial charge in [0.25, 0.3) is 0 Å². The lowest BCUT2D eigenvalue weighted by Gasteiger charge is -2.09. The first kappa shape index (κ1) is 20.2. The number of aryl methyl sites for hydroxylation is 1. The van der Waals surface area contributed by atoms with Crippen LogP contribution in [0.2, 0.25) is 0 Å². The molecule has 0 radical (unpaired) electrons. The van der Waals surface area contributed by atoms with Crippen molar-refractivity contribution in [2.45, 2.75) is 26.7 Å². The van der Waals surface area contributed by atoms with Crippen molar-refractivity contribution in [3.63, 3.8) is 0 Å². The van der Waals surface area contributed by atoms with Crippen LogP contribution in [-0.4, -0.2) is 25.0 Å². The van der Waals surface area contributed by atoms with Crippen molar-refractivity contribution in [3.05, 3.63) is 65.7 Å². The van der Waals surface area contributed by atoms with Gasteiger partial charge in [0.05, 0.1) is 13.2 Å². The Morgan fingerprint density at radius 3 is 2.26 bits per heavy atom. The number of hydrogen-bond acceptors (Lipinski definition) is 4. The second-order valence-corrected chi connectivity index (χ2v) is 6.06. The molecule has 5 heteroatoms. The lowest BCUT2D eigenvalue weighted by molar-refractivity contribution is -0.137. The van der Waals surface area contributed by atoms with E-state index in [1.54, 1.807) is 13.0 Å². The van der Waals surface area contributed by atoms with Gasteiger partial charge in [0.15, 0.2) is 0 Å². The minimum Gasteiger partial charge on any atom is -0.463 e. The highest BCUT2D eigenvalue weighted by molar-refractivity contribution is 5.93. The van der Waals surface area contributed by atoms with E-state index >= 15 is 0 Å². The molecule has 5 nitrogen and oxygen atoms in total. The number of rotatable bonds is 9. The number of anilines is 2. The summed E-state index contributed by atoms with van der Waals surface area (Å²) in [5.74, 6) is -0.469. The normalized spacial score (nSPS) is 10.6. The Kier molecular flexibility index (Phi) is 8.10. The Balaban J connectivity index is 1.80. The molecule has 0 saturated carbocycles. The van der Waals surface area contributed by atoms with E-state index in [2.05, 4.69) is 17.6 Å². The van der Waals surface area contributed by atoms with E-state index in [-0.39, 0.29) is 18.4 Å². The topological polar surface area (TPSA) is 67.4 Å². The van der Waals surface area contributed by atoms with E-state index in [0.717, 1.165) is 29.8 Å². The van der Waals surface area contributed by atoms with Gasteiger partial charge in [-0.15, -0.1) is 0 Å². The zero-order valence-electron chi connectivity index (χ0n) is 15.8. The summed E-state index contributed by atoms with van der Waals surface area (Å²) in [7, 11) is 0.